The molecule has 0 bridgehead atoms. The van der Waals surface area contributed by atoms with E-state index in [1.807, 2.05) is 0 Å². The molecule has 1 saturated carbocycles. The van der Waals surface area contributed by atoms with Crippen LogP contribution in [0.3, 0.4) is 0 Å². The van der Waals surface area contributed by atoms with Crippen LogP contribution in [0.15, 0.2) is 0 Å². The molecule has 0 saturated heterocycles. The average molecular weight is 213 g/mol. The van der Waals surface area contributed by atoms with Crippen molar-refractivity contribution in [2.45, 2.75) is 64.5 Å². The Morgan fingerprint density at radius 1 is 1.27 bits per heavy atom. The second-order valence-electron chi connectivity index (χ2n) is 5.54. The molecule has 2 atom stereocenters. The predicted octanol–water partition coefficient (Wildman–Crippen LogP) is 2.97. The highest BCUT2D eigenvalue weighted by Gasteiger charge is 2.22. The molecule has 0 aliphatic heterocycles. The third-order valence-corrected chi connectivity index (χ3v) is 3.80. The summed E-state index contributed by atoms with van der Waals surface area (Å²) in [5, 5.41) is 3.68. The maximum absolute atomic E-state index is 5.41. The van der Waals surface area contributed by atoms with Gasteiger partial charge in [-0.05, 0) is 45.6 Å². The van der Waals surface area contributed by atoms with Gasteiger partial charge < -0.3 is 10.1 Å². The predicted molar refractivity (Wildman–Crippen MR) is 65.1 cm³/mol. The van der Waals surface area contributed by atoms with E-state index in [1.165, 1.54) is 25.7 Å². The fourth-order valence-electron chi connectivity index (χ4n) is 2.28. The zero-order valence-electron chi connectivity index (χ0n) is 10.8. The van der Waals surface area contributed by atoms with Gasteiger partial charge in [0.1, 0.15) is 0 Å². The lowest BCUT2D eigenvalue weighted by Crippen LogP contribution is -2.40. The molecule has 2 unspecified atom stereocenters. The third kappa shape index (κ3) is 4.52. The summed E-state index contributed by atoms with van der Waals surface area (Å²) in [6.45, 7) is 7.76. The molecule has 0 aromatic rings. The first kappa shape index (κ1) is 13.0. The molecule has 15 heavy (non-hydrogen) atoms. The molecular formula is C13H27NO. The molecule has 1 rings (SSSR count). The van der Waals surface area contributed by atoms with Crippen molar-refractivity contribution >= 4 is 0 Å². The first-order valence-electron chi connectivity index (χ1n) is 6.34. The van der Waals surface area contributed by atoms with E-state index >= 15 is 0 Å². The van der Waals surface area contributed by atoms with E-state index < -0.39 is 0 Å². The fourth-order valence-corrected chi connectivity index (χ4v) is 2.28. The van der Waals surface area contributed by atoms with Crippen LogP contribution in [0.25, 0.3) is 0 Å². The molecule has 0 heterocycles. The zero-order chi connectivity index (χ0) is 11.3. The number of methoxy groups -OCH3 is 1. The van der Waals surface area contributed by atoms with Gasteiger partial charge in [0.05, 0.1) is 5.60 Å². The number of hydrogen-bond donors (Lipinski definition) is 1. The average Bonchev–Trinajstić information content (AvgIpc) is 2.21. The molecule has 1 fully saturated rings. The van der Waals surface area contributed by atoms with Gasteiger partial charge >= 0.3 is 0 Å². The number of hydrogen-bond acceptors (Lipinski definition) is 2. The Morgan fingerprint density at radius 3 is 2.53 bits per heavy atom. The number of nitrogens with one attached hydrogen (secondary N) is 1. The van der Waals surface area contributed by atoms with Gasteiger partial charge in [-0.1, -0.05) is 19.8 Å². The second-order valence-corrected chi connectivity index (χ2v) is 5.54. The summed E-state index contributed by atoms with van der Waals surface area (Å²) in [7, 11) is 1.79. The molecule has 0 amide bonds. The van der Waals surface area contributed by atoms with Crippen LogP contribution in [0.2, 0.25) is 0 Å². The van der Waals surface area contributed by atoms with Gasteiger partial charge in [0.15, 0.2) is 0 Å². The van der Waals surface area contributed by atoms with Crippen LogP contribution in [0, 0.1) is 5.92 Å². The molecule has 0 radical (unpaired) electrons. The molecule has 1 aliphatic carbocycles. The molecule has 90 valence electrons. The van der Waals surface area contributed by atoms with Gasteiger partial charge in [-0.25, -0.2) is 0 Å². The minimum absolute atomic E-state index is 0.0188. The standard InChI is InChI=1S/C13H27NO/c1-11-7-5-6-8-12(11)14-10-9-13(2,3)15-4/h11-12,14H,5-10H2,1-4H3. The fraction of sp³-hybridized carbons (Fsp3) is 1.00. The van der Waals surface area contributed by atoms with Gasteiger partial charge in [-0.2, -0.15) is 0 Å². The van der Waals surface area contributed by atoms with Crippen molar-refractivity contribution in [3.63, 3.8) is 0 Å². The summed E-state index contributed by atoms with van der Waals surface area (Å²) in [6, 6.07) is 0.742. The smallest absolute Gasteiger partial charge is 0.0634 e. The summed E-state index contributed by atoms with van der Waals surface area (Å²) in [5.74, 6) is 0.851. The lowest BCUT2D eigenvalue weighted by Gasteiger charge is -2.31. The molecule has 0 spiro atoms. The van der Waals surface area contributed by atoms with Crippen molar-refractivity contribution in [3.8, 4) is 0 Å². The molecule has 0 aromatic heterocycles. The Morgan fingerprint density at radius 2 is 1.93 bits per heavy atom. The first-order chi connectivity index (χ1) is 7.05. The van der Waals surface area contributed by atoms with Gasteiger partial charge in [0.25, 0.3) is 0 Å². The van der Waals surface area contributed by atoms with Crippen molar-refractivity contribution < 1.29 is 4.74 Å². The Labute approximate surface area is 94.8 Å². The minimum Gasteiger partial charge on any atom is -0.379 e. The Kier molecular flexibility index (Phi) is 5.07. The molecule has 1 aliphatic rings. The van der Waals surface area contributed by atoms with Crippen LogP contribution in [0.5, 0.6) is 0 Å². The maximum Gasteiger partial charge on any atom is 0.0634 e. The molecule has 2 nitrogen and oxygen atoms in total. The van der Waals surface area contributed by atoms with Crippen LogP contribution in [-0.4, -0.2) is 25.3 Å². The van der Waals surface area contributed by atoms with Crippen LogP contribution >= 0.6 is 0 Å². The van der Waals surface area contributed by atoms with Crippen molar-refractivity contribution in [2.75, 3.05) is 13.7 Å². The van der Waals surface area contributed by atoms with E-state index in [2.05, 4.69) is 26.1 Å². The van der Waals surface area contributed by atoms with Gasteiger partial charge in [-0.15, -0.1) is 0 Å². The topological polar surface area (TPSA) is 21.3 Å². The molecular weight excluding hydrogens is 186 g/mol. The van der Waals surface area contributed by atoms with Crippen LogP contribution in [0.4, 0.5) is 0 Å². The van der Waals surface area contributed by atoms with E-state index in [9.17, 15) is 0 Å². The van der Waals surface area contributed by atoms with E-state index in [4.69, 9.17) is 4.74 Å². The van der Waals surface area contributed by atoms with Crippen molar-refractivity contribution in [3.05, 3.63) is 0 Å². The summed E-state index contributed by atoms with van der Waals surface area (Å²) >= 11 is 0. The van der Waals surface area contributed by atoms with Crippen LogP contribution < -0.4 is 5.32 Å². The lowest BCUT2D eigenvalue weighted by atomic mass is 9.86. The van der Waals surface area contributed by atoms with Gasteiger partial charge in [0, 0.05) is 13.2 Å². The maximum atomic E-state index is 5.41. The Bertz CT molecular complexity index is 179. The number of ether oxygens (including phenoxy) is 1. The van der Waals surface area contributed by atoms with Gasteiger partial charge in [-0.3, -0.25) is 0 Å². The number of rotatable bonds is 5. The van der Waals surface area contributed by atoms with E-state index in [0.717, 1.165) is 24.9 Å². The highest BCUT2D eigenvalue weighted by Crippen LogP contribution is 2.24. The normalized spacial score (nSPS) is 28.0. The Hall–Kier alpha value is -0.0800. The van der Waals surface area contributed by atoms with Crippen LogP contribution in [0.1, 0.15) is 52.9 Å². The first-order valence-corrected chi connectivity index (χ1v) is 6.34. The van der Waals surface area contributed by atoms with Crippen LogP contribution in [-0.2, 0) is 4.74 Å². The molecule has 0 aromatic carbocycles. The minimum atomic E-state index is 0.0188. The summed E-state index contributed by atoms with van der Waals surface area (Å²) < 4.78 is 5.41. The monoisotopic (exact) mass is 213 g/mol. The van der Waals surface area contributed by atoms with Crippen molar-refractivity contribution in [2.24, 2.45) is 5.92 Å². The largest absolute Gasteiger partial charge is 0.379 e. The van der Waals surface area contributed by atoms with E-state index in [1.54, 1.807) is 7.11 Å². The summed E-state index contributed by atoms with van der Waals surface area (Å²) in [5.41, 5.74) is 0.0188. The Balaban J connectivity index is 2.19. The van der Waals surface area contributed by atoms with E-state index in [0.29, 0.717) is 0 Å². The van der Waals surface area contributed by atoms with Gasteiger partial charge in [0.2, 0.25) is 0 Å². The lowest BCUT2D eigenvalue weighted by molar-refractivity contribution is 0.0147. The third-order valence-electron chi connectivity index (χ3n) is 3.80. The quantitative estimate of drug-likeness (QED) is 0.758. The SMILES string of the molecule is COC(C)(C)CCNC1CCCCC1C. The molecule has 2 heteroatoms. The van der Waals surface area contributed by atoms with Crippen molar-refractivity contribution in [1.29, 1.82) is 0 Å². The summed E-state index contributed by atoms with van der Waals surface area (Å²) in [4.78, 5) is 0. The van der Waals surface area contributed by atoms with E-state index in [-0.39, 0.29) is 5.60 Å². The molecule has 1 N–H and O–H groups in total. The summed E-state index contributed by atoms with van der Waals surface area (Å²) in [6.07, 6.45) is 6.66. The second kappa shape index (κ2) is 5.86. The van der Waals surface area contributed by atoms with Crippen molar-refractivity contribution in [1.82, 2.24) is 5.32 Å². The highest BCUT2D eigenvalue weighted by atomic mass is 16.5. The zero-order valence-corrected chi connectivity index (χ0v) is 10.8. The highest BCUT2D eigenvalue weighted by molar-refractivity contribution is 4.79.